The van der Waals surface area contributed by atoms with Gasteiger partial charge in [-0.05, 0) is 50.7 Å². The Balaban J connectivity index is 1.57. The lowest BCUT2D eigenvalue weighted by molar-refractivity contribution is -0.373. The van der Waals surface area contributed by atoms with Crippen LogP contribution in [0.15, 0.2) is 34.0 Å². The summed E-state index contributed by atoms with van der Waals surface area (Å²) < 4.78 is 61.9. The van der Waals surface area contributed by atoms with Crippen molar-refractivity contribution < 1.29 is 36.2 Å². The first-order valence-corrected chi connectivity index (χ1v) is 14.0. The van der Waals surface area contributed by atoms with Crippen LogP contribution in [0, 0.1) is 0 Å². The van der Waals surface area contributed by atoms with E-state index in [4.69, 9.17) is 9.47 Å². The molecule has 8 nitrogen and oxygen atoms in total. The van der Waals surface area contributed by atoms with Crippen LogP contribution < -0.4 is 5.11 Å². The van der Waals surface area contributed by atoms with Gasteiger partial charge in [0, 0.05) is 5.60 Å². The molecule has 0 unspecified atom stereocenters. The van der Waals surface area contributed by atoms with E-state index in [2.05, 4.69) is 0 Å². The second-order valence-corrected chi connectivity index (χ2v) is 13.0. The van der Waals surface area contributed by atoms with E-state index in [-0.39, 0.29) is 11.5 Å². The number of allylic oxidation sites excluding steroid dienone is 3. The first-order chi connectivity index (χ1) is 14.6. The minimum absolute atomic E-state index is 0.273. The van der Waals surface area contributed by atoms with Crippen molar-refractivity contribution >= 4 is 25.6 Å². The number of carbonyl (C=O) groups is 1. The highest BCUT2D eigenvalue weighted by Gasteiger charge is 2.48. The highest BCUT2D eigenvalue weighted by Crippen LogP contribution is 2.40. The van der Waals surface area contributed by atoms with Crippen molar-refractivity contribution in [2.45, 2.75) is 75.4 Å². The Morgan fingerprint density at radius 3 is 1.81 bits per heavy atom. The summed E-state index contributed by atoms with van der Waals surface area (Å²) >= 11 is 0. The van der Waals surface area contributed by atoms with Gasteiger partial charge in [0.05, 0.1) is 22.4 Å². The Hall–Kier alpha value is -1.81. The molecule has 2 heterocycles. The molecule has 1 saturated heterocycles. The van der Waals surface area contributed by atoms with Crippen LogP contribution in [0.5, 0.6) is 0 Å². The molecule has 0 radical (unpaired) electrons. The zero-order valence-electron chi connectivity index (χ0n) is 17.3. The second kappa shape index (κ2) is 7.95. The van der Waals surface area contributed by atoms with Crippen LogP contribution in [0.2, 0.25) is 0 Å². The summed E-state index contributed by atoms with van der Waals surface area (Å²) in [6.45, 7) is 0. The van der Waals surface area contributed by atoms with Gasteiger partial charge in [0.15, 0.2) is 24.6 Å². The van der Waals surface area contributed by atoms with Crippen molar-refractivity contribution in [2.75, 3.05) is 11.5 Å². The molecule has 2 aliphatic carbocycles. The summed E-state index contributed by atoms with van der Waals surface area (Å²) in [6.07, 6.45) is 10.4. The van der Waals surface area contributed by atoms with Crippen LogP contribution in [0.4, 0.5) is 0 Å². The third kappa shape index (κ3) is 4.41. The average molecular weight is 472 g/mol. The molecular weight excluding hydrogens is 444 g/mol. The highest BCUT2D eigenvalue weighted by atomic mass is 32.2. The zero-order valence-corrected chi connectivity index (χ0v) is 18.9. The van der Waals surface area contributed by atoms with Gasteiger partial charge in [-0.3, -0.25) is 0 Å². The number of sulfone groups is 2. The Morgan fingerprint density at radius 1 is 0.774 bits per heavy atom. The van der Waals surface area contributed by atoms with Gasteiger partial charge in [0.25, 0.3) is 0 Å². The number of carbonyl (C=O) groups excluding carboxylic acids is 1. The molecule has 4 rings (SSSR count). The molecule has 3 fully saturated rings. The van der Waals surface area contributed by atoms with Crippen LogP contribution in [0.1, 0.15) is 64.2 Å². The third-order valence-corrected chi connectivity index (χ3v) is 10.4. The fourth-order valence-electron chi connectivity index (χ4n) is 5.11. The molecule has 2 saturated carbocycles. The van der Waals surface area contributed by atoms with E-state index in [1.165, 1.54) is 0 Å². The molecule has 31 heavy (non-hydrogen) atoms. The SMILES string of the molecule is O=C1OC2(CCCCC2)CS(=O)(=O)C1=CC=CC1=C([O-])OC2(CCCCC2)CS1(=O)=O. The molecular formula is C21H27O8S2-. The maximum Gasteiger partial charge on any atom is 0.350 e. The summed E-state index contributed by atoms with van der Waals surface area (Å²) in [7, 11) is -7.78. The molecule has 0 aromatic heterocycles. The second-order valence-electron chi connectivity index (χ2n) is 9.04. The molecule has 2 aliphatic heterocycles. The van der Waals surface area contributed by atoms with E-state index in [9.17, 15) is 26.7 Å². The predicted octanol–water partition coefficient (Wildman–Crippen LogP) is 1.78. The van der Waals surface area contributed by atoms with Gasteiger partial charge in [-0.2, -0.15) is 0 Å². The highest BCUT2D eigenvalue weighted by molar-refractivity contribution is 7.96. The quantitative estimate of drug-likeness (QED) is 0.440. The van der Waals surface area contributed by atoms with Crippen molar-refractivity contribution in [3.05, 3.63) is 34.0 Å². The summed E-state index contributed by atoms with van der Waals surface area (Å²) in [5.74, 6) is -2.41. The Bertz CT molecular complexity index is 1050. The Labute approximate surface area is 182 Å². The number of rotatable bonds is 2. The maximum atomic E-state index is 12.7. The van der Waals surface area contributed by atoms with Crippen LogP contribution in [0.25, 0.3) is 0 Å². The molecule has 0 aromatic carbocycles. The molecule has 2 spiro atoms. The summed E-state index contributed by atoms with van der Waals surface area (Å²) in [5, 5.41) is 12.4. The molecule has 0 aromatic rings. The first kappa shape index (κ1) is 22.4. The van der Waals surface area contributed by atoms with E-state index < -0.39 is 52.6 Å². The van der Waals surface area contributed by atoms with Gasteiger partial charge in [-0.15, -0.1) is 0 Å². The van der Waals surface area contributed by atoms with Crippen LogP contribution in [-0.4, -0.2) is 45.5 Å². The van der Waals surface area contributed by atoms with E-state index in [0.29, 0.717) is 25.7 Å². The van der Waals surface area contributed by atoms with Gasteiger partial charge in [0.2, 0.25) is 0 Å². The molecule has 10 heteroatoms. The summed E-state index contributed by atoms with van der Waals surface area (Å²) in [4.78, 5) is 11.4. The number of hydrogen-bond donors (Lipinski definition) is 0. The van der Waals surface area contributed by atoms with E-state index >= 15 is 0 Å². The smallest absolute Gasteiger partial charge is 0.350 e. The summed E-state index contributed by atoms with van der Waals surface area (Å²) in [5.41, 5.74) is -1.93. The molecule has 0 bridgehead atoms. The molecule has 0 atom stereocenters. The van der Waals surface area contributed by atoms with Crippen molar-refractivity contribution in [1.82, 2.24) is 0 Å². The minimum Gasteiger partial charge on any atom is -0.605 e. The van der Waals surface area contributed by atoms with Crippen LogP contribution in [0.3, 0.4) is 0 Å². The lowest BCUT2D eigenvalue weighted by atomic mass is 9.86. The zero-order chi connectivity index (χ0) is 22.3. The molecule has 0 N–H and O–H groups in total. The van der Waals surface area contributed by atoms with E-state index in [1.54, 1.807) is 0 Å². The normalized spacial score (nSPS) is 30.5. The number of esters is 1. The van der Waals surface area contributed by atoms with E-state index in [1.807, 2.05) is 0 Å². The Kier molecular flexibility index (Phi) is 5.74. The van der Waals surface area contributed by atoms with Gasteiger partial charge in [0.1, 0.15) is 5.60 Å². The summed E-state index contributed by atoms with van der Waals surface area (Å²) in [6, 6.07) is 0. The number of hydrogen-bond acceptors (Lipinski definition) is 8. The molecule has 172 valence electrons. The number of ether oxygens (including phenoxy) is 2. The maximum absolute atomic E-state index is 12.7. The van der Waals surface area contributed by atoms with Gasteiger partial charge < -0.3 is 14.6 Å². The van der Waals surface area contributed by atoms with Crippen molar-refractivity contribution in [3.8, 4) is 0 Å². The topological polar surface area (TPSA) is 127 Å². The standard InChI is InChI=1S/C21H28O8S2/c22-18-16(30(24,25)14-20(28-18)10-3-1-4-11-20)8-7-9-17-19(23)29-21(15-31(17,26)27)12-5-2-6-13-21/h7-9,22H,1-6,10-15H2/p-1. The predicted molar refractivity (Wildman–Crippen MR) is 111 cm³/mol. The van der Waals surface area contributed by atoms with E-state index in [0.717, 1.165) is 56.8 Å². The minimum atomic E-state index is -3.89. The van der Waals surface area contributed by atoms with Gasteiger partial charge >= 0.3 is 5.97 Å². The van der Waals surface area contributed by atoms with Crippen molar-refractivity contribution in [1.29, 1.82) is 0 Å². The Morgan fingerprint density at radius 2 is 1.29 bits per heavy atom. The fourth-order valence-corrected chi connectivity index (χ4v) is 8.66. The third-order valence-electron chi connectivity index (χ3n) is 6.62. The first-order valence-electron chi connectivity index (χ1n) is 10.7. The molecule has 0 amide bonds. The molecule has 4 aliphatic rings. The average Bonchev–Trinajstić information content (AvgIpc) is 2.65. The van der Waals surface area contributed by atoms with Crippen molar-refractivity contribution in [3.63, 3.8) is 0 Å². The van der Waals surface area contributed by atoms with Gasteiger partial charge in [-0.1, -0.05) is 31.8 Å². The largest absolute Gasteiger partial charge is 0.605 e. The fraction of sp³-hybridized carbons (Fsp3) is 0.667. The van der Waals surface area contributed by atoms with Crippen molar-refractivity contribution in [2.24, 2.45) is 0 Å². The lowest BCUT2D eigenvalue weighted by Crippen LogP contribution is -2.49. The monoisotopic (exact) mass is 471 g/mol. The van der Waals surface area contributed by atoms with Crippen LogP contribution >= 0.6 is 0 Å². The van der Waals surface area contributed by atoms with Gasteiger partial charge in [-0.25, -0.2) is 21.6 Å². The lowest BCUT2D eigenvalue weighted by Gasteiger charge is -2.47. The van der Waals surface area contributed by atoms with Crippen LogP contribution in [-0.2, 0) is 33.9 Å².